The fourth-order valence-corrected chi connectivity index (χ4v) is 4.24. The van der Waals surface area contributed by atoms with Gasteiger partial charge >= 0.3 is 0 Å². The number of hydrogen-bond acceptors (Lipinski definition) is 4. The zero-order valence-corrected chi connectivity index (χ0v) is 13.7. The van der Waals surface area contributed by atoms with Crippen LogP contribution in [0.15, 0.2) is 12.1 Å². The van der Waals surface area contributed by atoms with Crippen LogP contribution in [0.3, 0.4) is 0 Å². The lowest BCUT2D eigenvalue weighted by molar-refractivity contribution is -0.0172. The van der Waals surface area contributed by atoms with Crippen molar-refractivity contribution in [3.05, 3.63) is 29.1 Å². The Labute approximate surface area is 135 Å². The van der Waals surface area contributed by atoms with Gasteiger partial charge in [-0.1, -0.05) is 6.42 Å². The van der Waals surface area contributed by atoms with Crippen molar-refractivity contribution in [2.24, 2.45) is 0 Å². The van der Waals surface area contributed by atoms with Crippen LogP contribution in [-0.2, 0) is 28.0 Å². The van der Waals surface area contributed by atoms with E-state index in [0.29, 0.717) is 43.0 Å². The van der Waals surface area contributed by atoms with Crippen molar-refractivity contribution in [3.8, 4) is 5.75 Å². The molecule has 2 aliphatic heterocycles. The summed E-state index contributed by atoms with van der Waals surface area (Å²) in [6.45, 7) is 1.76. The number of ether oxygens (including phenoxy) is 2. The van der Waals surface area contributed by atoms with E-state index in [0.717, 1.165) is 19.3 Å². The Hall–Kier alpha value is -1.22. The summed E-state index contributed by atoms with van der Waals surface area (Å²) in [6, 6.07) is 2.77. The van der Waals surface area contributed by atoms with E-state index in [1.54, 1.807) is 0 Å². The third kappa shape index (κ3) is 4.00. The van der Waals surface area contributed by atoms with Gasteiger partial charge in [-0.05, 0) is 37.0 Å². The molecule has 0 aliphatic carbocycles. The number of benzene rings is 1. The van der Waals surface area contributed by atoms with Gasteiger partial charge in [-0.15, -0.1) is 0 Å². The zero-order valence-electron chi connectivity index (χ0n) is 12.9. The van der Waals surface area contributed by atoms with Gasteiger partial charge in [0.05, 0.1) is 6.61 Å². The maximum Gasteiger partial charge on any atom is 0.279 e. The average Bonchev–Trinajstić information content (AvgIpc) is 2.55. The molecule has 0 amide bonds. The Morgan fingerprint density at radius 1 is 1.22 bits per heavy atom. The minimum Gasteiger partial charge on any atom is -0.467 e. The van der Waals surface area contributed by atoms with E-state index in [4.69, 9.17) is 9.47 Å². The number of nitrogens with zero attached hydrogens (tertiary/aromatic N) is 1. The topological polar surface area (TPSA) is 67.9 Å². The van der Waals surface area contributed by atoms with Crippen LogP contribution in [0.5, 0.6) is 5.75 Å². The molecule has 1 N–H and O–H groups in total. The second kappa shape index (κ2) is 7.12. The molecule has 3 rings (SSSR count). The van der Waals surface area contributed by atoms with Crippen molar-refractivity contribution in [1.82, 2.24) is 9.03 Å². The molecule has 6 nitrogen and oxygen atoms in total. The number of fused-ring (bicyclic) bond motifs is 1. The lowest BCUT2D eigenvalue weighted by Crippen LogP contribution is -2.44. The maximum atomic E-state index is 13.6. The van der Waals surface area contributed by atoms with Crippen LogP contribution in [0.1, 0.15) is 30.4 Å². The molecule has 0 spiro atoms. The monoisotopic (exact) mass is 344 g/mol. The van der Waals surface area contributed by atoms with Gasteiger partial charge in [0.15, 0.2) is 6.79 Å². The Balaban J connectivity index is 1.63. The second-order valence-corrected chi connectivity index (χ2v) is 7.53. The van der Waals surface area contributed by atoms with E-state index in [2.05, 4.69) is 4.72 Å². The predicted octanol–water partition coefficient (Wildman–Crippen LogP) is 1.55. The summed E-state index contributed by atoms with van der Waals surface area (Å²) in [5.41, 5.74) is 1.31. The van der Waals surface area contributed by atoms with Crippen LogP contribution in [0.4, 0.5) is 4.39 Å². The van der Waals surface area contributed by atoms with E-state index < -0.39 is 10.2 Å². The number of rotatable bonds is 5. The van der Waals surface area contributed by atoms with Crippen molar-refractivity contribution < 1.29 is 22.3 Å². The Kier molecular flexibility index (Phi) is 5.15. The van der Waals surface area contributed by atoms with Gasteiger partial charge in [0.2, 0.25) is 0 Å². The highest BCUT2D eigenvalue weighted by Crippen LogP contribution is 2.29. The summed E-state index contributed by atoms with van der Waals surface area (Å²) in [5.74, 6) is 0.238. The third-order valence-corrected chi connectivity index (χ3v) is 5.70. The van der Waals surface area contributed by atoms with Crippen LogP contribution in [0.25, 0.3) is 0 Å². The van der Waals surface area contributed by atoms with Crippen LogP contribution in [-0.4, -0.2) is 39.2 Å². The van der Waals surface area contributed by atoms with Crippen molar-refractivity contribution in [2.45, 2.75) is 32.3 Å². The molecule has 1 saturated heterocycles. The van der Waals surface area contributed by atoms with Crippen molar-refractivity contribution >= 4 is 10.2 Å². The standard InChI is InChI=1S/C15H21FN2O4S/c16-14-8-12(15-13(9-14)10-21-11-22-15)4-5-17-23(19,20)18-6-2-1-3-7-18/h8-9,17H,1-7,10-11H2. The van der Waals surface area contributed by atoms with Crippen LogP contribution in [0.2, 0.25) is 0 Å². The number of hydrogen-bond donors (Lipinski definition) is 1. The summed E-state index contributed by atoms with van der Waals surface area (Å²) in [7, 11) is -3.46. The molecule has 1 fully saturated rings. The summed E-state index contributed by atoms with van der Waals surface area (Å²) in [5, 5.41) is 0. The molecule has 0 aromatic heterocycles. The molecular weight excluding hydrogens is 323 g/mol. The molecule has 0 bridgehead atoms. The molecule has 0 atom stereocenters. The van der Waals surface area contributed by atoms with Crippen molar-refractivity contribution in [2.75, 3.05) is 26.4 Å². The normalized spacial score (nSPS) is 19.2. The van der Waals surface area contributed by atoms with E-state index in [1.807, 2.05) is 0 Å². The first kappa shape index (κ1) is 16.6. The fraction of sp³-hybridized carbons (Fsp3) is 0.600. The summed E-state index contributed by atoms with van der Waals surface area (Å²) in [6.07, 6.45) is 3.23. The SMILES string of the molecule is O=S(=O)(NCCc1cc(F)cc2c1OCOC2)N1CCCCC1. The Morgan fingerprint density at radius 2 is 2.00 bits per heavy atom. The quantitative estimate of drug-likeness (QED) is 0.880. The lowest BCUT2D eigenvalue weighted by Gasteiger charge is -2.26. The molecule has 1 aromatic rings. The maximum absolute atomic E-state index is 13.6. The summed E-state index contributed by atoms with van der Waals surface area (Å²) >= 11 is 0. The van der Waals surface area contributed by atoms with Gasteiger partial charge in [-0.2, -0.15) is 12.7 Å². The molecule has 2 aliphatic rings. The first-order valence-electron chi connectivity index (χ1n) is 7.83. The minimum absolute atomic E-state index is 0.130. The first-order chi connectivity index (χ1) is 11.1. The molecule has 2 heterocycles. The van der Waals surface area contributed by atoms with Gasteiger partial charge in [-0.25, -0.2) is 9.11 Å². The largest absolute Gasteiger partial charge is 0.467 e. The molecule has 0 unspecified atom stereocenters. The molecular formula is C15H21FN2O4S. The van der Waals surface area contributed by atoms with E-state index >= 15 is 0 Å². The van der Waals surface area contributed by atoms with Crippen LogP contribution >= 0.6 is 0 Å². The van der Waals surface area contributed by atoms with Gasteiger partial charge in [0.1, 0.15) is 11.6 Å². The highest BCUT2D eigenvalue weighted by atomic mass is 32.2. The summed E-state index contributed by atoms with van der Waals surface area (Å²) < 4.78 is 52.7. The van der Waals surface area contributed by atoms with Crippen LogP contribution < -0.4 is 9.46 Å². The molecule has 0 saturated carbocycles. The van der Waals surface area contributed by atoms with Gasteiger partial charge in [0.25, 0.3) is 10.2 Å². The van der Waals surface area contributed by atoms with Crippen molar-refractivity contribution in [1.29, 1.82) is 0 Å². The Morgan fingerprint density at radius 3 is 2.78 bits per heavy atom. The Bertz CT molecular complexity index is 660. The predicted molar refractivity (Wildman–Crippen MR) is 82.7 cm³/mol. The highest BCUT2D eigenvalue weighted by Gasteiger charge is 2.23. The molecule has 1 aromatic carbocycles. The second-order valence-electron chi connectivity index (χ2n) is 5.77. The molecule has 23 heavy (non-hydrogen) atoms. The van der Waals surface area contributed by atoms with E-state index in [9.17, 15) is 12.8 Å². The third-order valence-electron chi connectivity index (χ3n) is 4.09. The molecule has 8 heteroatoms. The van der Waals surface area contributed by atoms with Crippen molar-refractivity contribution in [3.63, 3.8) is 0 Å². The van der Waals surface area contributed by atoms with E-state index in [-0.39, 0.29) is 19.2 Å². The smallest absolute Gasteiger partial charge is 0.279 e. The first-order valence-corrected chi connectivity index (χ1v) is 9.27. The van der Waals surface area contributed by atoms with E-state index in [1.165, 1.54) is 16.4 Å². The van der Waals surface area contributed by atoms with Gasteiger partial charge in [0, 0.05) is 25.2 Å². The molecule has 128 valence electrons. The average molecular weight is 344 g/mol. The molecule has 0 radical (unpaired) electrons. The highest BCUT2D eigenvalue weighted by molar-refractivity contribution is 7.87. The fourth-order valence-electron chi connectivity index (χ4n) is 2.95. The summed E-state index contributed by atoms with van der Waals surface area (Å²) in [4.78, 5) is 0. The lowest BCUT2D eigenvalue weighted by atomic mass is 10.1. The number of piperidine rings is 1. The number of nitrogens with one attached hydrogen (secondary N) is 1. The minimum atomic E-state index is -3.46. The van der Waals surface area contributed by atoms with Crippen LogP contribution in [0, 0.1) is 5.82 Å². The van der Waals surface area contributed by atoms with Gasteiger partial charge in [-0.3, -0.25) is 0 Å². The number of halogens is 1. The van der Waals surface area contributed by atoms with Gasteiger partial charge < -0.3 is 9.47 Å². The zero-order chi connectivity index (χ0) is 16.3.